The van der Waals surface area contributed by atoms with Crippen LogP contribution in [0.5, 0.6) is 0 Å². The quantitative estimate of drug-likeness (QED) is 0.0105. The second kappa shape index (κ2) is 35.5. The van der Waals surface area contributed by atoms with Crippen molar-refractivity contribution in [3.8, 4) is 0 Å². The molecule has 7 unspecified atom stereocenters. The van der Waals surface area contributed by atoms with Crippen LogP contribution < -0.4 is 0 Å². The first kappa shape index (κ1) is 56.0. The lowest BCUT2D eigenvalue weighted by atomic mass is 9.85. The summed E-state index contributed by atoms with van der Waals surface area (Å²) in [5, 5.41) is 60.0. The highest BCUT2D eigenvalue weighted by Crippen LogP contribution is 2.47. The number of phosphoric acid groups is 1. The summed E-state index contributed by atoms with van der Waals surface area (Å²) in [5.74, 6) is -1.16. The van der Waals surface area contributed by atoms with Gasteiger partial charge in [-0.3, -0.25) is 18.6 Å². The molecule has 0 saturated heterocycles. The van der Waals surface area contributed by atoms with E-state index in [2.05, 4.69) is 32.1 Å². The summed E-state index contributed by atoms with van der Waals surface area (Å²) in [6.45, 7) is 3.14. The first-order valence-corrected chi connectivity index (χ1v) is 24.4. The second-order valence-corrected chi connectivity index (χ2v) is 17.5. The number of ether oxygens (including phenoxy) is 2. The SMILES string of the molecule is CCCCCCCC/C=C\CCCCCCCC(=O)OCC(COP(=O)(O)OC1C(O)C(O)C(O)C(O)C1O)OC(=O)CCCCCCC/C=C\C=C\C(O)CCCCC. The normalized spacial score (nSPS) is 23.0. The van der Waals surface area contributed by atoms with Gasteiger partial charge in [-0.15, -0.1) is 0 Å². The van der Waals surface area contributed by atoms with Crippen molar-refractivity contribution in [3.05, 3.63) is 36.5 Å². The monoisotopic (exact) mass is 877 g/mol. The predicted octanol–water partition coefficient (Wildman–Crippen LogP) is 7.58. The number of hydrogen-bond acceptors (Lipinski definition) is 13. The summed E-state index contributed by atoms with van der Waals surface area (Å²) in [6, 6.07) is 0. The highest BCUT2D eigenvalue weighted by Gasteiger charge is 2.51. The van der Waals surface area contributed by atoms with Gasteiger partial charge < -0.3 is 45.0 Å². The average molecular weight is 877 g/mol. The fourth-order valence-corrected chi connectivity index (χ4v) is 7.74. The first-order valence-electron chi connectivity index (χ1n) is 22.9. The summed E-state index contributed by atoms with van der Waals surface area (Å²) >= 11 is 0. The zero-order chi connectivity index (χ0) is 44.4. The zero-order valence-electron chi connectivity index (χ0n) is 36.6. The molecule has 1 aliphatic carbocycles. The third kappa shape index (κ3) is 27.9. The van der Waals surface area contributed by atoms with Gasteiger partial charge >= 0.3 is 19.8 Å². The van der Waals surface area contributed by atoms with Crippen LogP contribution in [-0.4, -0.2) is 110 Å². The van der Waals surface area contributed by atoms with Crippen LogP contribution in [0.25, 0.3) is 0 Å². The van der Waals surface area contributed by atoms with Crippen molar-refractivity contribution >= 4 is 19.8 Å². The van der Waals surface area contributed by atoms with Gasteiger partial charge in [0.1, 0.15) is 43.2 Å². The van der Waals surface area contributed by atoms with E-state index in [0.717, 1.165) is 96.3 Å². The van der Waals surface area contributed by atoms with E-state index in [1.807, 2.05) is 18.2 Å². The Morgan fingerprint density at radius 1 is 0.583 bits per heavy atom. The summed E-state index contributed by atoms with van der Waals surface area (Å²) in [6.07, 6.45) is 22.3. The predicted molar refractivity (Wildman–Crippen MR) is 232 cm³/mol. The molecule has 0 spiro atoms. The number of esters is 2. The summed E-state index contributed by atoms with van der Waals surface area (Å²) in [5.41, 5.74) is 0. The number of carbonyl (C=O) groups is 2. The molecule has 1 fully saturated rings. The number of rotatable bonds is 37. The molecule has 7 N–H and O–H groups in total. The Hall–Kier alpha value is -1.97. The minimum Gasteiger partial charge on any atom is -0.462 e. The van der Waals surface area contributed by atoms with Gasteiger partial charge in [0.05, 0.1) is 12.7 Å². The van der Waals surface area contributed by atoms with Crippen LogP contribution in [0.1, 0.15) is 174 Å². The number of hydrogen-bond donors (Lipinski definition) is 7. The molecule has 1 saturated carbocycles. The maximum Gasteiger partial charge on any atom is 0.472 e. The van der Waals surface area contributed by atoms with Crippen molar-refractivity contribution in [2.24, 2.45) is 0 Å². The minimum atomic E-state index is -5.14. The number of aliphatic hydroxyl groups is 6. The maximum absolute atomic E-state index is 12.8. The van der Waals surface area contributed by atoms with E-state index in [1.54, 1.807) is 0 Å². The molecule has 15 heteroatoms. The van der Waals surface area contributed by atoms with Crippen LogP contribution in [0.2, 0.25) is 0 Å². The summed E-state index contributed by atoms with van der Waals surface area (Å²) in [4.78, 5) is 35.7. The van der Waals surface area contributed by atoms with E-state index in [4.69, 9.17) is 18.5 Å². The van der Waals surface area contributed by atoms with Crippen molar-refractivity contribution in [2.75, 3.05) is 13.2 Å². The van der Waals surface area contributed by atoms with Gasteiger partial charge in [-0.05, 0) is 57.8 Å². The van der Waals surface area contributed by atoms with Crippen LogP contribution >= 0.6 is 7.82 Å². The highest BCUT2D eigenvalue weighted by atomic mass is 31.2. The largest absolute Gasteiger partial charge is 0.472 e. The molecule has 350 valence electrons. The summed E-state index contributed by atoms with van der Waals surface area (Å²) < 4.78 is 33.4. The molecule has 0 heterocycles. The van der Waals surface area contributed by atoms with E-state index in [1.165, 1.54) is 38.5 Å². The van der Waals surface area contributed by atoms with Crippen molar-refractivity contribution in [2.45, 2.75) is 223 Å². The van der Waals surface area contributed by atoms with E-state index in [9.17, 15) is 49.7 Å². The molecule has 0 amide bonds. The number of phosphoric ester groups is 1. The topological polar surface area (TPSA) is 230 Å². The standard InChI is InChI=1S/C45H81O14P/c1-3-5-7-8-9-10-11-12-13-14-15-18-21-24-28-32-38(47)56-34-37(35-57-60(54,55)59-45-43(52)41(50)40(49)42(51)44(45)53)58-39(48)33-29-25-22-19-16-17-20-23-27-31-36(46)30-26-6-4-2/h12-13,20,23,27,31,36-37,40-46,49-53H,3-11,14-19,21-22,24-26,28-30,32-35H2,1-2H3,(H,54,55)/b13-12-,23-20-,31-27+. The number of aliphatic hydroxyl groups excluding tert-OH is 6. The average Bonchev–Trinajstić information content (AvgIpc) is 3.22. The Balaban J connectivity index is 2.50. The third-order valence-electron chi connectivity index (χ3n) is 10.6. The lowest BCUT2D eigenvalue weighted by Crippen LogP contribution is -2.64. The van der Waals surface area contributed by atoms with E-state index >= 15 is 0 Å². The highest BCUT2D eigenvalue weighted by molar-refractivity contribution is 7.47. The Labute approximate surface area is 360 Å². The van der Waals surface area contributed by atoms with Crippen molar-refractivity contribution in [3.63, 3.8) is 0 Å². The number of unbranched alkanes of at least 4 members (excludes halogenated alkanes) is 18. The van der Waals surface area contributed by atoms with Gasteiger partial charge in [0.25, 0.3) is 0 Å². The molecule has 0 aromatic rings. The van der Waals surface area contributed by atoms with Gasteiger partial charge in [0, 0.05) is 12.8 Å². The van der Waals surface area contributed by atoms with Gasteiger partial charge in [0.2, 0.25) is 0 Å². The molecular formula is C45H81O14P. The van der Waals surface area contributed by atoms with E-state index in [-0.39, 0.29) is 12.8 Å². The van der Waals surface area contributed by atoms with Crippen LogP contribution in [-0.2, 0) is 32.7 Å². The fourth-order valence-electron chi connectivity index (χ4n) is 6.77. The molecule has 0 aromatic heterocycles. The van der Waals surface area contributed by atoms with Crippen LogP contribution in [0.3, 0.4) is 0 Å². The molecule has 14 nitrogen and oxygen atoms in total. The van der Waals surface area contributed by atoms with Crippen molar-refractivity contribution in [1.82, 2.24) is 0 Å². The second-order valence-electron chi connectivity index (χ2n) is 16.1. The molecule has 0 aliphatic heterocycles. The molecule has 60 heavy (non-hydrogen) atoms. The fraction of sp³-hybridized carbons (Fsp3) is 0.822. The molecule has 1 aliphatic rings. The summed E-state index contributed by atoms with van der Waals surface area (Å²) in [7, 11) is -5.14. The minimum absolute atomic E-state index is 0.0521. The Bertz CT molecular complexity index is 1210. The Morgan fingerprint density at radius 2 is 1.05 bits per heavy atom. The molecule has 0 radical (unpaired) electrons. The molecule has 0 bridgehead atoms. The van der Waals surface area contributed by atoms with Gasteiger partial charge in [0.15, 0.2) is 6.10 Å². The lowest BCUT2D eigenvalue weighted by Gasteiger charge is -2.41. The van der Waals surface area contributed by atoms with Crippen LogP contribution in [0.15, 0.2) is 36.5 Å². The maximum atomic E-state index is 12.8. The van der Waals surface area contributed by atoms with Gasteiger partial charge in [-0.25, -0.2) is 4.57 Å². The van der Waals surface area contributed by atoms with E-state index in [0.29, 0.717) is 12.8 Å². The van der Waals surface area contributed by atoms with Crippen molar-refractivity contribution in [1.29, 1.82) is 0 Å². The van der Waals surface area contributed by atoms with E-state index < -0.39 is 81.8 Å². The van der Waals surface area contributed by atoms with Crippen molar-refractivity contribution < 1.29 is 68.2 Å². The molecule has 1 rings (SSSR count). The zero-order valence-corrected chi connectivity index (χ0v) is 37.5. The van der Waals surface area contributed by atoms with Crippen LogP contribution in [0.4, 0.5) is 0 Å². The smallest absolute Gasteiger partial charge is 0.462 e. The lowest BCUT2D eigenvalue weighted by molar-refractivity contribution is -0.220. The van der Waals surface area contributed by atoms with Gasteiger partial charge in [-0.2, -0.15) is 0 Å². The third-order valence-corrected chi connectivity index (χ3v) is 11.5. The van der Waals surface area contributed by atoms with Crippen LogP contribution in [0, 0.1) is 0 Å². The molecule has 0 aromatic carbocycles. The first-order chi connectivity index (χ1) is 28.8. The molecular weight excluding hydrogens is 795 g/mol. The Kier molecular flexibility index (Phi) is 33.1. The Morgan fingerprint density at radius 3 is 1.62 bits per heavy atom. The number of allylic oxidation sites excluding steroid dienone is 5. The van der Waals surface area contributed by atoms with Gasteiger partial charge in [-0.1, -0.05) is 140 Å². The molecule has 7 atom stereocenters. The number of carbonyl (C=O) groups excluding carboxylic acids is 2.